The van der Waals surface area contributed by atoms with Crippen molar-refractivity contribution >= 4 is 5.95 Å². The van der Waals surface area contributed by atoms with E-state index in [4.69, 9.17) is 4.74 Å². The Bertz CT molecular complexity index is 652. The van der Waals surface area contributed by atoms with E-state index in [0.29, 0.717) is 6.04 Å². The second-order valence-corrected chi connectivity index (χ2v) is 6.16. The van der Waals surface area contributed by atoms with Crippen molar-refractivity contribution in [2.45, 2.75) is 25.4 Å². The van der Waals surface area contributed by atoms with E-state index < -0.39 is 0 Å². The molecule has 2 aromatic rings. The fraction of sp³-hybridized carbons (Fsp3) is 0.444. The first-order valence-corrected chi connectivity index (χ1v) is 8.35. The van der Waals surface area contributed by atoms with Crippen molar-refractivity contribution < 1.29 is 4.74 Å². The molecule has 1 atom stereocenters. The average Bonchev–Trinajstić information content (AvgIpc) is 3.04. The molecule has 1 aliphatic carbocycles. The van der Waals surface area contributed by atoms with E-state index in [1.54, 1.807) is 0 Å². The molecule has 120 valence electrons. The minimum absolute atomic E-state index is 0.449. The van der Waals surface area contributed by atoms with Crippen LogP contribution in [0.1, 0.15) is 29.2 Å². The summed E-state index contributed by atoms with van der Waals surface area (Å²) >= 11 is 0. The number of hydrogen-bond acceptors (Lipinski definition) is 5. The molecule has 1 saturated heterocycles. The van der Waals surface area contributed by atoms with Crippen molar-refractivity contribution in [3.05, 3.63) is 53.3 Å². The number of benzene rings is 1. The number of aromatic nitrogens is 2. The lowest BCUT2D eigenvalue weighted by atomic mass is 10.1. The number of ether oxygens (including phenoxy) is 1. The summed E-state index contributed by atoms with van der Waals surface area (Å²) in [4.78, 5) is 11.2. The average molecular weight is 310 g/mol. The molecule has 4 rings (SSSR count). The topological polar surface area (TPSA) is 50.3 Å². The van der Waals surface area contributed by atoms with Gasteiger partial charge in [-0.15, -0.1) is 0 Å². The van der Waals surface area contributed by atoms with Crippen LogP contribution < -0.4 is 10.2 Å². The van der Waals surface area contributed by atoms with Crippen LogP contribution in [0.25, 0.3) is 0 Å². The van der Waals surface area contributed by atoms with Gasteiger partial charge in [-0.25, -0.2) is 9.97 Å². The summed E-state index contributed by atoms with van der Waals surface area (Å²) in [5.41, 5.74) is 4.05. The number of anilines is 1. The molecule has 0 amide bonds. The Kier molecular flexibility index (Phi) is 4.22. The Hall–Kier alpha value is -1.98. The van der Waals surface area contributed by atoms with Crippen LogP contribution in [0.4, 0.5) is 5.95 Å². The first kappa shape index (κ1) is 14.6. The molecular weight excluding hydrogens is 288 g/mol. The predicted octanol–water partition coefficient (Wildman–Crippen LogP) is 2.09. The normalized spacial score (nSPS) is 20.5. The smallest absolute Gasteiger partial charge is 0.225 e. The summed E-state index contributed by atoms with van der Waals surface area (Å²) in [6.07, 6.45) is 6.21. The Morgan fingerprint density at radius 3 is 2.74 bits per heavy atom. The zero-order chi connectivity index (χ0) is 15.5. The molecule has 0 radical (unpaired) electrons. The van der Waals surface area contributed by atoms with Crippen molar-refractivity contribution in [2.24, 2.45) is 0 Å². The van der Waals surface area contributed by atoms with Crippen molar-refractivity contribution in [3.63, 3.8) is 0 Å². The number of morpholine rings is 1. The minimum Gasteiger partial charge on any atom is -0.378 e. The number of rotatable bonds is 4. The highest BCUT2D eigenvalue weighted by Crippen LogP contribution is 2.30. The minimum atomic E-state index is 0.449. The zero-order valence-corrected chi connectivity index (χ0v) is 13.2. The summed E-state index contributed by atoms with van der Waals surface area (Å²) in [5, 5.41) is 3.64. The third kappa shape index (κ3) is 3.21. The molecule has 1 aliphatic heterocycles. The molecule has 1 fully saturated rings. The van der Waals surface area contributed by atoms with Crippen LogP contribution in [0, 0.1) is 0 Å². The molecule has 23 heavy (non-hydrogen) atoms. The quantitative estimate of drug-likeness (QED) is 0.937. The van der Waals surface area contributed by atoms with Gasteiger partial charge in [0, 0.05) is 43.6 Å². The molecule has 5 nitrogen and oxygen atoms in total. The van der Waals surface area contributed by atoms with Crippen molar-refractivity contribution in [1.82, 2.24) is 15.3 Å². The Balaban J connectivity index is 1.36. The van der Waals surface area contributed by atoms with Gasteiger partial charge >= 0.3 is 0 Å². The first-order chi connectivity index (χ1) is 11.4. The lowest BCUT2D eigenvalue weighted by Gasteiger charge is -2.26. The van der Waals surface area contributed by atoms with E-state index >= 15 is 0 Å². The van der Waals surface area contributed by atoms with Crippen LogP contribution in [0.2, 0.25) is 0 Å². The van der Waals surface area contributed by atoms with Crippen LogP contribution in [-0.2, 0) is 17.7 Å². The molecule has 1 N–H and O–H groups in total. The fourth-order valence-electron chi connectivity index (χ4n) is 3.38. The van der Waals surface area contributed by atoms with Crippen LogP contribution in [-0.4, -0.2) is 36.3 Å². The molecule has 1 aromatic carbocycles. The van der Waals surface area contributed by atoms with Crippen LogP contribution in [0.15, 0.2) is 36.7 Å². The fourth-order valence-corrected chi connectivity index (χ4v) is 3.38. The van der Waals surface area contributed by atoms with Gasteiger partial charge in [0.15, 0.2) is 0 Å². The van der Waals surface area contributed by atoms with E-state index in [1.807, 2.05) is 12.4 Å². The number of fused-ring (bicyclic) bond motifs is 1. The predicted molar refractivity (Wildman–Crippen MR) is 89.4 cm³/mol. The van der Waals surface area contributed by atoms with Gasteiger partial charge in [0.25, 0.3) is 0 Å². The maximum atomic E-state index is 5.36. The number of nitrogens with one attached hydrogen (secondary N) is 1. The van der Waals surface area contributed by atoms with Gasteiger partial charge in [0.05, 0.1) is 13.2 Å². The summed E-state index contributed by atoms with van der Waals surface area (Å²) in [6, 6.07) is 9.17. The lowest BCUT2D eigenvalue weighted by Crippen LogP contribution is -2.37. The Labute approximate surface area is 136 Å². The second kappa shape index (κ2) is 6.64. The van der Waals surface area contributed by atoms with Gasteiger partial charge < -0.3 is 15.0 Å². The maximum Gasteiger partial charge on any atom is 0.225 e. The van der Waals surface area contributed by atoms with Crippen LogP contribution in [0.5, 0.6) is 0 Å². The van der Waals surface area contributed by atoms with E-state index in [2.05, 4.69) is 44.5 Å². The van der Waals surface area contributed by atoms with Gasteiger partial charge in [-0.3, -0.25) is 0 Å². The summed E-state index contributed by atoms with van der Waals surface area (Å²) in [7, 11) is 0. The first-order valence-electron chi connectivity index (χ1n) is 8.35. The number of aryl methyl sites for hydroxylation is 1. The van der Waals surface area contributed by atoms with E-state index in [9.17, 15) is 0 Å². The van der Waals surface area contributed by atoms with E-state index in [-0.39, 0.29) is 0 Å². The molecule has 1 aromatic heterocycles. The molecule has 0 spiro atoms. The maximum absolute atomic E-state index is 5.36. The highest BCUT2D eigenvalue weighted by molar-refractivity contribution is 5.34. The lowest BCUT2D eigenvalue weighted by molar-refractivity contribution is 0.122. The third-order valence-electron chi connectivity index (χ3n) is 4.67. The largest absolute Gasteiger partial charge is 0.378 e. The Morgan fingerprint density at radius 2 is 1.91 bits per heavy atom. The summed E-state index contributed by atoms with van der Waals surface area (Å²) < 4.78 is 5.36. The SMILES string of the molecule is c1ccc2c(c1)CCC2NCc1cnc(N2CCOCC2)nc1. The van der Waals surface area contributed by atoms with Gasteiger partial charge in [-0.05, 0) is 24.0 Å². The number of hydrogen-bond donors (Lipinski definition) is 1. The second-order valence-electron chi connectivity index (χ2n) is 6.16. The summed E-state index contributed by atoms with van der Waals surface area (Å²) in [6.45, 7) is 4.07. The molecule has 0 bridgehead atoms. The standard InChI is InChI=1S/C18H22N4O/c1-2-4-16-15(3-1)5-6-17(16)19-11-14-12-20-18(21-13-14)22-7-9-23-10-8-22/h1-4,12-13,17,19H,5-11H2. The molecule has 0 saturated carbocycles. The monoisotopic (exact) mass is 310 g/mol. The zero-order valence-electron chi connectivity index (χ0n) is 13.2. The van der Waals surface area contributed by atoms with Crippen LogP contribution >= 0.6 is 0 Å². The van der Waals surface area contributed by atoms with Crippen LogP contribution in [0.3, 0.4) is 0 Å². The molecule has 5 heteroatoms. The highest BCUT2D eigenvalue weighted by atomic mass is 16.5. The number of nitrogens with zero attached hydrogens (tertiary/aromatic N) is 3. The van der Waals surface area contributed by atoms with E-state index in [0.717, 1.165) is 44.4 Å². The van der Waals surface area contributed by atoms with Gasteiger partial charge in [0.2, 0.25) is 5.95 Å². The molecule has 2 aliphatic rings. The van der Waals surface area contributed by atoms with Crippen molar-refractivity contribution in [2.75, 3.05) is 31.2 Å². The van der Waals surface area contributed by atoms with Gasteiger partial charge in [-0.1, -0.05) is 24.3 Å². The molecule has 1 unspecified atom stereocenters. The molecule has 2 heterocycles. The Morgan fingerprint density at radius 1 is 1.13 bits per heavy atom. The van der Waals surface area contributed by atoms with Crippen molar-refractivity contribution in [3.8, 4) is 0 Å². The summed E-state index contributed by atoms with van der Waals surface area (Å²) in [5.74, 6) is 0.809. The van der Waals surface area contributed by atoms with Crippen molar-refractivity contribution in [1.29, 1.82) is 0 Å². The van der Waals surface area contributed by atoms with E-state index in [1.165, 1.54) is 24.0 Å². The highest BCUT2D eigenvalue weighted by Gasteiger charge is 2.21. The van der Waals surface area contributed by atoms with Gasteiger partial charge in [-0.2, -0.15) is 0 Å². The molecular formula is C18H22N4O. The third-order valence-corrected chi connectivity index (χ3v) is 4.67. The van der Waals surface area contributed by atoms with Gasteiger partial charge in [0.1, 0.15) is 0 Å².